The Labute approximate surface area is 164 Å². The third kappa shape index (κ3) is 4.28. The Morgan fingerprint density at radius 1 is 1.29 bits per heavy atom. The van der Waals surface area contributed by atoms with Gasteiger partial charge in [-0.25, -0.2) is 13.6 Å². The fourth-order valence-corrected chi connectivity index (χ4v) is 3.77. The number of anilines is 1. The number of rotatable bonds is 5. The van der Waals surface area contributed by atoms with Crippen molar-refractivity contribution in [3.8, 4) is 11.5 Å². The number of hydrogen-bond donors (Lipinski definition) is 2. The number of hydrogen-bond acceptors (Lipinski definition) is 5. The predicted molar refractivity (Wildman–Crippen MR) is 106 cm³/mol. The van der Waals surface area contributed by atoms with Gasteiger partial charge in [-0.05, 0) is 57.0 Å². The number of ether oxygens (including phenoxy) is 2. The Morgan fingerprint density at radius 2 is 2.00 bits per heavy atom. The van der Waals surface area contributed by atoms with Gasteiger partial charge in [-0.15, -0.1) is 0 Å². The van der Waals surface area contributed by atoms with Crippen molar-refractivity contribution in [1.29, 1.82) is 0 Å². The van der Waals surface area contributed by atoms with Crippen LogP contribution in [0.25, 0.3) is 0 Å². The lowest BCUT2D eigenvalue weighted by atomic mass is 10.0. The Morgan fingerprint density at radius 3 is 2.68 bits per heavy atom. The number of benzene rings is 2. The Bertz CT molecular complexity index is 1040. The van der Waals surface area contributed by atoms with Gasteiger partial charge >= 0.3 is 0 Å². The molecule has 0 fully saturated rings. The molecular formula is C20H24N2O5S. The first-order valence-electron chi connectivity index (χ1n) is 8.84. The molecule has 1 aliphatic heterocycles. The molecule has 150 valence electrons. The van der Waals surface area contributed by atoms with E-state index in [1.54, 1.807) is 19.9 Å². The second kappa shape index (κ2) is 7.10. The predicted octanol–water partition coefficient (Wildman–Crippen LogP) is 2.68. The van der Waals surface area contributed by atoms with Gasteiger partial charge in [0, 0.05) is 17.7 Å². The maximum Gasteiger partial charge on any atom is 0.262 e. The number of nitrogens with two attached hydrogens (primary N) is 1. The molecule has 1 amide bonds. The average molecular weight is 404 g/mol. The summed E-state index contributed by atoms with van der Waals surface area (Å²) >= 11 is 0. The number of aryl methyl sites for hydroxylation is 1. The molecule has 0 atom stereocenters. The smallest absolute Gasteiger partial charge is 0.262 e. The van der Waals surface area contributed by atoms with Crippen LogP contribution in [0.3, 0.4) is 0 Å². The number of carbonyl (C=O) groups is 1. The molecule has 0 spiro atoms. The van der Waals surface area contributed by atoms with Crippen LogP contribution in [0, 0.1) is 13.8 Å². The quantitative estimate of drug-likeness (QED) is 0.797. The van der Waals surface area contributed by atoms with E-state index >= 15 is 0 Å². The molecule has 0 saturated heterocycles. The first-order chi connectivity index (χ1) is 13.0. The largest absolute Gasteiger partial charge is 0.483 e. The van der Waals surface area contributed by atoms with Gasteiger partial charge in [-0.3, -0.25) is 4.79 Å². The van der Waals surface area contributed by atoms with E-state index in [2.05, 4.69) is 5.32 Å². The number of nitrogens with one attached hydrogen (secondary N) is 1. The highest BCUT2D eigenvalue weighted by Gasteiger charge is 2.32. The van der Waals surface area contributed by atoms with Crippen LogP contribution in [0.1, 0.15) is 30.5 Å². The third-order valence-electron chi connectivity index (χ3n) is 4.66. The molecule has 0 saturated carbocycles. The Hall–Kier alpha value is -2.58. The van der Waals surface area contributed by atoms with E-state index in [0.717, 1.165) is 17.5 Å². The van der Waals surface area contributed by atoms with Crippen molar-refractivity contribution in [2.75, 3.05) is 11.9 Å². The molecule has 28 heavy (non-hydrogen) atoms. The maximum absolute atomic E-state index is 12.4. The summed E-state index contributed by atoms with van der Waals surface area (Å²) in [6, 6.07) is 8.41. The summed E-state index contributed by atoms with van der Waals surface area (Å²) < 4.78 is 34.9. The van der Waals surface area contributed by atoms with E-state index in [-0.39, 0.29) is 17.1 Å². The molecule has 0 unspecified atom stereocenters. The molecule has 0 bridgehead atoms. The SMILES string of the molecule is Cc1cc(S(N)(=O)=O)cc(NC(=O)COc2cccc3c2OC(C)(C)C3)c1C. The summed E-state index contributed by atoms with van der Waals surface area (Å²) in [5.41, 5.74) is 2.57. The van der Waals surface area contributed by atoms with Crippen molar-refractivity contribution in [3.63, 3.8) is 0 Å². The van der Waals surface area contributed by atoms with Crippen LogP contribution in [0.4, 0.5) is 5.69 Å². The lowest BCUT2D eigenvalue weighted by molar-refractivity contribution is -0.118. The summed E-state index contributed by atoms with van der Waals surface area (Å²) in [5.74, 6) is 0.747. The van der Waals surface area contributed by atoms with Crippen LogP contribution >= 0.6 is 0 Å². The van der Waals surface area contributed by atoms with Gasteiger partial charge in [0.1, 0.15) is 5.60 Å². The number of amides is 1. The molecule has 2 aromatic carbocycles. The van der Waals surface area contributed by atoms with Gasteiger partial charge in [-0.2, -0.15) is 0 Å². The van der Waals surface area contributed by atoms with Gasteiger partial charge in [0.25, 0.3) is 5.91 Å². The van der Waals surface area contributed by atoms with Gasteiger partial charge in [0.05, 0.1) is 4.90 Å². The molecule has 0 aliphatic carbocycles. The zero-order valence-corrected chi connectivity index (χ0v) is 17.1. The summed E-state index contributed by atoms with van der Waals surface area (Å²) in [6.07, 6.45) is 0.768. The fourth-order valence-electron chi connectivity index (χ4n) is 3.15. The Kier molecular flexibility index (Phi) is 5.12. The first kappa shape index (κ1) is 20.2. The Balaban J connectivity index is 1.73. The number of carbonyl (C=O) groups excluding carboxylic acids is 1. The molecule has 7 nitrogen and oxygen atoms in total. The van der Waals surface area contributed by atoms with Crippen LogP contribution in [0.2, 0.25) is 0 Å². The summed E-state index contributed by atoms with van der Waals surface area (Å²) in [4.78, 5) is 12.3. The normalized spacial score (nSPS) is 14.9. The molecule has 2 aromatic rings. The minimum atomic E-state index is -3.87. The highest BCUT2D eigenvalue weighted by atomic mass is 32.2. The molecular weight excluding hydrogens is 380 g/mol. The summed E-state index contributed by atoms with van der Waals surface area (Å²) in [6.45, 7) is 7.29. The van der Waals surface area contributed by atoms with Gasteiger partial charge in [0.15, 0.2) is 18.1 Å². The average Bonchev–Trinajstić information content (AvgIpc) is 2.90. The third-order valence-corrected chi connectivity index (χ3v) is 5.55. The van der Waals surface area contributed by atoms with Crippen LogP contribution in [-0.4, -0.2) is 26.5 Å². The van der Waals surface area contributed by atoms with Crippen molar-refractivity contribution in [2.45, 2.75) is 44.6 Å². The van der Waals surface area contributed by atoms with E-state index in [1.807, 2.05) is 26.0 Å². The first-order valence-corrected chi connectivity index (χ1v) is 10.4. The van der Waals surface area contributed by atoms with E-state index in [0.29, 0.717) is 22.7 Å². The van der Waals surface area contributed by atoms with Crippen LogP contribution in [0.15, 0.2) is 35.2 Å². The minimum absolute atomic E-state index is 0.0525. The zero-order valence-electron chi connectivity index (χ0n) is 16.3. The second-order valence-corrected chi connectivity index (χ2v) is 9.14. The highest BCUT2D eigenvalue weighted by Crippen LogP contribution is 2.41. The second-order valence-electron chi connectivity index (χ2n) is 7.58. The van der Waals surface area contributed by atoms with Crippen LogP contribution < -0.4 is 19.9 Å². The van der Waals surface area contributed by atoms with Crippen molar-refractivity contribution in [3.05, 3.63) is 47.0 Å². The number of para-hydroxylation sites is 1. The lowest BCUT2D eigenvalue weighted by Crippen LogP contribution is -2.25. The van der Waals surface area contributed by atoms with E-state index in [4.69, 9.17) is 14.6 Å². The van der Waals surface area contributed by atoms with Gasteiger partial charge in [-0.1, -0.05) is 12.1 Å². The van der Waals surface area contributed by atoms with Crippen LogP contribution in [-0.2, 0) is 21.2 Å². The monoisotopic (exact) mass is 404 g/mol. The molecule has 1 heterocycles. The van der Waals surface area contributed by atoms with Crippen LogP contribution in [0.5, 0.6) is 11.5 Å². The molecule has 0 radical (unpaired) electrons. The van der Waals surface area contributed by atoms with Gasteiger partial charge < -0.3 is 14.8 Å². The number of fused-ring (bicyclic) bond motifs is 1. The number of sulfonamides is 1. The van der Waals surface area contributed by atoms with E-state index in [1.165, 1.54) is 12.1 Å². The van der Waals surface area contributed by atoms with E-state index in [9.17, 15) is 13.2 Å². The zero-order chi connectivity index (χ0) is 20.7. The van der Waals surface area contributed by atoms with Crippen molar-refractivity contribution in [1.82, 2.24) is 0 Å². The topological polar surface area (TPSA) is 108 Å². The number of primary sulfonamides is 1. The molecule has 3 rings (SSSR count). The maximum atomic E-state index is 12.4. The summed E-state index contributed by atoms with van der Waals surface area (Å²) in [5, 5.41) is 7.90. The minimum Gasteiger partial charge on any atom is -0.483 e. The highest BCUT2D eigenvalue weighted by molar-refractivity contribution is 7.89. The van der Waals surface area contributed by atoms with Gasteiger partial charge in [0.2, 0.25) is 10.0 Å². The van der Waals surface area contributed by atoms with Crippen molar-refractivity contribution in [2.24, 2.45) is 5.14 Å². The molecule has 1 aliphatic rings. The molecule has 3 N–H and O–H groups in total. The standard InChI is InChI=1S/C20H24N2O5S/c1-12-8-15(28(21,24)25)9-16(13(12)2)22-18(23)11-26-17-7-5-6-14-10-20(3,4)27-19(14)17/h5-9H,10-11H2,1-4H3,(H,22,23)(H2,21,24,25). The van der Waals surface area contributed by atoms with Crippen molar-refractivity contribution < 1.29 is 22.7 Å². The molecule has 8 heteroatoms. The van der Waals surface area contributed by atoms with Crippen molar-refractivity contribution >= 4 is 21.6 Å². The lowest BCUT2D eigenvalue weighted by Gasteiger charge is -2.18. The summed E-state index contributed by atoms with van der Waals surface area (Å²) in [7, 11) is -3.87. The van der Waals surface area contributed by atoms with E-state index < -0.39 is 15.9 Å². The molecule has 0 aromatic heterocycles. The fraction of sp³-hybridized carbons (Fsp3) is 0.350.